The molecule has 2 aliphatic rings. The first kappa shape index (κ1) is 21.1. The lowest BCUT2D eigenvalue weighted by molar-refractivity contribution is 0.628. The molecule has 0 spiro atoms. The maximum absolute atomic E-state index is 13.7. The molecule has 2 aliphatic carbocycles. The lowest BCUT2D eigenvalue weighted by atomic mass is 10.0. The normalized spacial score (nSPS) is 17.0. The zero-order valence-electron chi connectivity index (χ0n) is 19.2. The Balaban J connectivity index is 1.43. The van der Waals surface area contributed by atoms with Crippen LogP contribution in [0.1, 0.15) is 51.4 Å². The second-order valence-electron chi connectivity index (χ2n) is 9.50. The standard InChI is InChI=1S/C27H29FN6/c28-19-11-9-18(10-12-19)26-25(23-15-16-29-27(32-23)31-21-7-3-4-8-21)24-14-13-22(17-34(24)33-26)30-20-5-1-2-6-20/h9-17,20-21,30H,1-8H2,(H,29,31,32). The van der Waals surface area contributed by atoms with E-state index in [1.807, 2.05) is 16.8 Å². The maximum Gasteiger partial charge on any atom is 0.223 e. The summed E-state index contributed by atoms with van der Waals surface area (Å²) in [6.45, 7) is 0. The van der Waals surface area contributed by atoms with Crippen LogP contribution < -0.4 is 10.6 Å². The monoisotopic (exact) mass is 456 g/mol. The molecular formula is C27H29FN6. The van der Waals surface area contributed by atoms with Crippen LogP contribution in [0, 0.1) is 5.82 Å². The summed E-state index contributed by atoms with van der Waals surface area (Å²) in [6.07, 6.45) is 13.6. The second-order valence-corrected chi connectivity index (χ2v) is 9.50. The molecule has 0 atom stereocenters. The van der Waals surface area contributed by atoms with Crippen LogP contribution in [0.2, 0.25) is 0 Å². The summed E-state index contributed by atoms with van der Waals surface area (Å²) in [5.41, 5.74) is 5.39. The number of halogens is 1. The molecule has 4 aromatic rings. The maximum atomic E-state index is 13.7. The van der Waals surface area contributed by atoms with Gasteiger partial charge in [0.1, 0.15) is 11.5 Å². The largest absolute Gasteiger partial charge is 0.381 e. The molecule has 6 rings (SSSR count). The number of hydrogen-bond donors (Lipinski definition) is 2. The highest BCUT2D eigenvalue weighted by atomic mass is 19.1. The third-order valence-electron chi connectivity index (χ3n) is 7.07. The topological polar surface area (TPSA) is 67.1 Å². The fourth-order valence-electron chi connectivity index (χ4n) is 5.32. The van der Waals surface area contributed by atoms with E-state index >= 15 is 0 Å². The zero-order chi connectivity index (χ0) is 22.9. The van der Waals surface area contributed by atoms with E-state index in [1.54, 1.807) is 18.3 Å². The number of anilines is 2. The van der Waals surface area contributed by atoms with Crippen molar-refractivity contribution in [1.82, 2.24) is 19.6 Å². The summed E-state index contributed by atoms with van der Waals surface area (Å²) in [5, 5.41) is 12.1. The SMILES string of the molecule is Fc1ccc(-c2nn3cc(NC4CCCC4)ccc3c2-c2ccnc(NC3CCCC3)n2)cc1. The summed E-state index contributed by atoms with van der Waals surface area (Å²) >= 11 is 0. The first-order valence-electron chi connectivity index (χ1n) is 12.4. The molecular weight excluding hydrogens is 427 g/mol. The summed E-state index contributed by atoms with van der Waals surface area (Å²) in [4.78, 5) is 9.34. The van der Waals surface area contributed by atoms with E-state index in [2.05, 4.69) is 27.8 Å². The summed E-state index contributed by atoms with van der Waals surface area (Å²) in [6, 6.07) is 13.6. The number of hydrogen-bond acceptors (Lipinski definition) is 5. The molecule has 0 unspecified atom stereocenters. The Hall–Kier alpha value is -3.48. The summed E-state index contributed by atoms with van der Waals surface area (Å²) < 4.78 is 15.6. The van der Waals surface area contributed by atoms with Gasteiger partial charge in [0.2, 0.25) is 5.95 Å². The van der Waals surface area contributed by atoms with E-state index < -0.39 is 0 Å². The van der Waals surface area contributed by atoms with E-state index in [1.165, 1.54) is 50.7 Å². The minimum Gasteiger partial charge on any atom is -0.381 e. The van der Waals surface area contributed by atoms with Crippen LogP contribution >= 0.6 is 0 Å². The van der Waals surface area contributed by atoms with E-state index in [0.29, 0.717) is 18.0 Å². The van der Waals surface area contributed by atoms with Gasteiger partial charge in [-0.1, -0.05) is 25.7 Å². The lowest BCUT2D eigenvalue weighted by Crippen LogP contribution is -2.16. The number of nitrogens with one attached hydrogen (secondary N) is 2. The van der Waals surface area contributed by atoms with Crippen molar-refractivity contribution in [2.45, 2.75) is 63.5 Å². The minimum absolute atomic E-state index is 0.262. The van der Waals surface area contributed by atoms with Crippen molar-refractivity contribution in [3.05, 3.63) is 60.7 Å². The molecule has 2 saturated carbocycles. The second kappa shape index (κ2) is 9.05. The average Bonchev–Trinajstić information content (AvgIpc) is 3.61. The Morgan fingerprint density at radius 1 is 0.824 bits per heavy atom. The average molecular weight is 457 g/mol. The molecule has 174 valence electrons. The predicted molar refractivity (Wildman–Crippen MR) is 133 cm³/mol. The number of pyridine rings is 1. The fraction of sp³-hybridized carbons (Fsp3) is 0.370. The van der Waals surface area contributed by atoms with Crippen LogP contribution in [0.5, 0.6) is 0 Å². The first-order chi connectivity index (χ1) is 16.7. The lowest BCUT2D eigenvalue weighted by Gasteiger charge is -2.13. The first-order valence-corrected chi connectivity index (χ1v) is 12.4. The Bertz CT molecular complexity index is 1290. The Labute approximate surface area is 198 Å². The highest BCUT2D eigenvalue weighted by Crippen LogP contribution is 2.35. The van der Waals surface area contributed by atoms with Crippen LogP contribution in [0.3, 0.4) is 0 Å². The molecule has 0 bridgehead atoms. The third-order valence-corrected chi connectivity index (χ3v) is 7.07. The van der Waals surface area contributed by atoms with Gasteiger partial charge >= 0.3 is 0 Å². The number of rotatable bonds is 6. The van der Waals surface area contributed by atoms with Gasteiger partial charge in [-0.2, -0.15) is 5.10 Å². The van der Waals surface area contributed by atoms with E-state index in [-0.39, 0.29) is 5.82 Å². The van der Waals surface area contributed by atoms with Crippen LogP contribution in [0.4, 0.5) is 16.0 Å². The van der Waals surface area contributed by atoms with Crippen LogP contribution in [0.15, 0.2) is 54.9 Å². The predicted octanol–water partition coefficient (Wildman–Crippen LogP) is 6.31. The molecule has 0 aliphatic heterocycles. The quantitative estimate of drug-likeness (QED) is 0.356. The van der Waals surface area contributed by atoms with Gasteiger partial charge in [0.15, 0.2) is 0 Å². The van der Waals surface area contributed by atoms with Gasteiger partial charge in [-0.05, 0) is 68.1 Å². The highest BCUT2D eigenvalue weighted by molar-refractivity contribution is 5.91. The molecule has 0 saturated heterocycles. The minimum atomic E-state index is -0.262. The van der Waals surface area contributed by atoms with Gasteiger partial charge in [-0.25, -0.2) is 18.9 Å². The third kappa shape index (κ3) is 4.22. The van der Waals surface area contributed by atoms with Gasteiger partial charge < -0.3 is 10.6 Å². The Morgan fingerprint density at radius 2 is 1.53 bits per heavy atom. The van der Waals surface area contributed by atoms with E-state index in [4.69, 9.17) is 10.1 Å². The van der Waals surface area contributed by atoms with Crippen LogP contribution in [0.25, 0.3) is 28.0 Å². The van der Waals surface area contributed by atoms with Crippen LogP contribution in [-0.4, -0.2) is 31.7 Å². The molecule has 1 aromatic carbocycles. The van der Waals surface area contributed by atoms with Crippen molar-refractivity contribution < 1.29 is 4.39 Å². The molecule has 0 radical (unpaired) electrons. The number of aromatic nitrogens is 4. The Morgan fingerprint density at radius 3 is 2.26 bits per heavy atom. The molecule has 3 heterocycles. The molecule has 34 heavy (non-hydrogen) atoms. The van der Waals surface area contributed by atoms with E-state index in [9.17, 15) is 4.39 Å². The fourth-order valence-corrected chi connectivity index (χ4v) is 5.32. The molecule has 2 N–H and O–H groups in total. The van der Waals surface area contributed by atoms with Crippen molar-refractivity contribution >= 4 is 17.2 Å². The zero-order valence-corrected chi connectivity index (χ0v) is 19.2. The summed E-state index contributed by atoms with van der Waals surface area (Å²) in [5.74, 6) is 0.385. The molecule has 0 amide bonds. The molecule has 6 nitrogen and oxygen atoms in total. The van der Waals surface area contributed by atoms with Gasteiger partial charge in [-0.15, -0.1) is 0 Å². The molecule has 2 fully saturated rings. The number of nitrogens with zero attached hydrogens (tertiary/aromatic N) is 4. The number of fused-ring (bicyclic) bond motifs is 1. The van der Waals surface area contributed by atoms with Crippen LogP contribution in [-0.2, 0) is 0 Å². The van der Waals surface area contributed by atoms with Gasteiger partial charge in [0.25, 0.3) is 0 Å². The van der Waals surface area contributed by atoms with Crippen molar-refractivity contribution in [2.24, 2.45) is 0 Å². The Kier molecular flexibility index (Phi) is 5.61. The highest BCUT2D eigenvalue weighted by Gasteiger charge is 2.21. The van der Waals surface area contributed by atoms with Crippen molar-refractivity contribution in [3.63, 3.8) is 0 Å². The number of benzene rings is 1. The van der Waals surface area contributed by atoms with E-state index in [0.717, 1.165) is 46.6 Å². The van der Waals surface area contributed by atoms with Crippen molar-refractivity contribution in [3.8, 4) is 22.5 Å². The molecule has 7 heteroatoms. The summed E-state index contributed by atoms with van der Waals surface area (Å²) in [7, 11) is 0. The van der Waals surface area contributed by atoms with Gasteiger partial charge in [0, 0.05) is 23.8 Å². The smallest absolute Gasteiger partial charge is 0.223 e. The van der Waals surface area contributed by atoms with Gasteiger partial charge in [-0.3, -0.25) is 0 Å². The molecule has 3 aromatic heterocycles. The van der Waals surface area contributed by atoms with Gasteiger partial charge in [0.05, 0.1) is 28.7 Å². The van der Waals surface area contributed by atoms with Crippen molar-refractivity contribution in [2.75, 3.05) is 10.6 Å². The van der Waals surface area contributed by atoms with Crippen molar-refractivity contribution in [1.29, 1.82) is 0 Å².